The van der Waals surface area contributed by atoms with E-state index in [9.17, 15) is 19.5 Å². The molecule has 0 fully saturated rings. The number of carbonyl (C=O) groups excluding carboxylic acids is 2. The Hall–Kier alpha value is -3.86. The summed E-state index contributed by atoms with van der Waals surface area (Å²) in [6, 6.07) is 11.1. The Bertz CT molecular complexity index is 1300. The van der Waals surface area contributed by atoms with Crippen LogP contribution in [0.5, 0.6) is 0 Å². The highest BCUT2D eigenvalue weighted by Crippen LogP contribution is 2.36. The van der Waals surface area contributed by atoms with Gasteiger partial charge in [-0.3, -0.25) is 4.79 Å². The van der Waals surface area contributed by atoms with Crippen molar-refractivity contribution in [3.05, 3.63) is 59.5 Å². The number of benzene rings is 2. The number of nitrogens with zero attached hydrogens (tertiary/aromatic N) is 3. The van der Waals surface area contributed by atoms with Gasteiger partial charge in [0, 0.05) is 23.1 Å². The number of aromatic nitrogens is 2. The average Bonchev–Trinajstić information content (AvgIpc) is 3.20. The lowest BCUT2D eigenvalue weighted by molar-refractivity contribution is -0.120. The van der Waals surface area contributed by atoms with Crippen LogP contribution in [0.4, 0.5) is 10.5 Å². The molecule has 36 heavy (non-hydrogen) atoms. The van der Waals surface area contributed by atoms with Crippen molar-refractivity contribution in [3.63, 3.8) is 0 Å². The van der Waals surface area contributed by atoms with E-state index < -0.39 is 23.7 Å². The number of aryl methyl sites for hydroxylation is 1. The van der Waals surface area contributed by atoms with Gasteiger partial charge in [0.1, 0.15) is 11.6 Å². The van der Waals surface area contributed by atoms with Crippen LogP contribution in [0.25, 0.3) is 11.4 Å². The molecular formula is C25H26N4O6S. The molecule has 0 aliphatic carbocycles. The molecule has 10 nitrogen and oxygen atoms in total. The van der Waals surface area contributed by atoms with E-state index in [1.165, 1.54) is 28.8 Å². The van der Waals surface area contributed by atoms with Crippen molar-refractivity contribution >= 4 is 35.4 Å². The van der Waals surface area contributed by atoms with Crippen molar-refractivity contribution in [2.75, 3.05) is 10.7 Å². The van der Waals surface area contributed by atoms with E-state index in [-0.39, 0.29) is 23.8 Å². The van der Waals surface area contributed by atoms with Gasteiger partial charge in [-0.15, -0.1) is 11.8 Å². The SMILES string of the molecule is Cc1nc(-c2ccc(CN3C(=O)[C@@H](NC(=O)OC(C)(C)C)CSc4ccc(C(=O)O)cc43)cc2)no1. The number of fused-ring (bicyclic) bond motifs is 1. The van der Waals surface area contributed by atoms with Crippen molar-refractivity contribution in [3.8, 4) is 11.4 Å². The number of carbonyl (C=O) groups is 3. The number of thioether (sulfide) groups is 1. The zero-order valence-corrected chi connectivity index (χ0v) is 21.1. The molecule has 0 saturated heterocycles. The van der Waals surface area contributed by atoms with E-state index in [2.05, 4.69) is 15.5 Å². The first-order valence-electron chi connectivity index (χ1n) is 11.2. The standard InChI is InChI=1S/C25H26N4O6S/c1-14-26-21(28-35-14)16-7-5-15(6-8-16)12-29-19-11-17(23(31)32)9-10-20(19)36-13-18(22(29)30)27-24(33)34-25(2,3)4/h5-11,18H,12-13H2,1-4H3,(H,27,33)(H,31,32)/t18-/m0/s1. The molecule has 2 N–H and O–H groups in total. The monoisotopic (exact) mass is 510 g/mol. The minimum Gasteiger partial charge on any atom is -0.478 e. The number of ether oxygens (including phenoxy) is 1. The maximum Gasteiger partial charge on any atom is 0.408 e. The van der Waals surface area contributed by atoms with E-state index in [1.54, 1.807) is 33.8 Å². The van der Waals surface area contributed by atoms with Crippen LogP contribution in [0.1, 0.15) is 42.6 Å². The van der Waals surface area contributed by atoms with Crippen LogP contribution in [-0.4, -0.2) is 50.6 Å². The summed E-state index contributed by atoms with van der Waals surface area (Å²) in [4.78, 5) is 44.2. The largest absolute Gasteiger partial charge is 0.478 e. The van der Waals surface area contributed by atoms with Crippen LogP contribution in [0.2, 0.25) is 0 Å². The van der Waals surface area contributed by atoms with Crippen LogP contribution in [0.3, 0.4) is 0 Å². The number of aromatic carboxylic acids is 1. The maximum absolute atomic E-state index is 13.6. The fourth-order valence-corrected chi connectivity index (χ4v) is 4.66. The fourth-order valence-electron chi connectivity index (χ4n) is 3.61. The zero-order chi connectivity index (χ0) is 26.0. The molecule has 2 amide bonds. The van der Waals surface area contributed by atoms with Crippen LogP contribution in [0.15, 0.2) is 51.9 Å². The molecule has 0 spiro atoms. The lowest BCUT2D eigenvalue weighted by Crippen LogP contribution is -2.50. The van der Waals surface area contributed by atoms with E-state index in [0.29, 0.717) is 17.4 Å². The molecule has 1 aliphatic heterocycles. The second-order valence-electron chi connectivity index (χ2n) is 9.26. The molecule has 2 aromatic carbocycles. The Morgan fingerprint density at radius 3 is 2.56 bits per heavy atom. The Morgan fingerprint density at radius 1 is 1.22 bits per heavy atom. The van der Waals surface area contributed by atoms with E-state index in [4.69, 9.17) is 9.26 Å². The smallest absolute Gasteiger partial charge is 0.408 e. The average molecular weight is 511 g/mol. The van der Waals surface area contributed by atoms with Gasteiger partial charge in [0.15, 0.2) is 0 Å². The number of carboxylic acids is 1. The number of amides is 2. The molecule has 1 atom stereocenters. The molecule has 188 valence electrons. The van der Waals surface area contributed by atoms with Gasteiger partial charge >= 0.3 is 12.1 Å². The van der Waals surface area contributed by atoms with Gasteiger partial charge in [0.2, 0.25) is 11.7 Å². The molecule has 4 rings (SSSR count). The Balaban J connectivity index is 1.64. The molecule has 2 heterocycles. The van der Waals surface area contributed by atoms with Crippen LogP contribution >= 0.6 is 11.8 Å². The molecule has 0 bridgehead atoms. The number of anilines is 1. The summed E-state index contributed by atoms with van der Waals surface area (Å²) in [6.45, 7) is 7.09. The Labute approximate surface area is 212 Å². The third-order valence-corrected chi connectivity index (χ3v) is 6.39. The van der Waals surface area contributed by atoms with Crippen molar-refractivity contribution in [1.29, 1.82) is 0 Å². The molecule has 1 aromatic heterocycles. The van der Waals surface area contributed by atoms with Crippen LogP contribution in [-0.2, 0) is 16.1 Å². The van der Waals surface area contributed by atoms with E-state index in [1.807, 2.05) is 24.3 Å². The quantitative estimate of drug-likeness (QED) is 0.516. The Kier molecular flexibility index (Phi) is 7.02. The lowest BCUT2D eigenvalue weighted by Gasteiger charge is -2.27. The summed E-state index contributed by atoms with van der Waals surface area (Å²) >= 11 is 1.37. The first-order chi connectivity index (χ1) is 17.0. The predicted octanol–water partition coefficient (Wildman–Crippen LogP) is 4.28. The third kappa shape index (κ3) is 5.85. The van der Waals surface area contributed by atoms with Gasteiger partial charge in [-0.05, 0) is 44.5 Å². The van der Waals surface area contributed by atoms with E-state index in [0.717, 1.165) is 16.0 Å². The number of hydrogen-bond donors (Lipinski definition) is 2. The number of nitrogens with one attached hydrogen (secondary N) is 1. The second kappa shape index (κ2) is 10.0. The maximum atomic E-state index is 13.6. The first-order valence-corrected chi connectivity index (χ1v) is 12.2. The summed E-state index contributed by atoms with van der Waals surface area (Å²) in [5.41, 5.74) is 1.36. The second-order valence-corrected chi connectivity index (χ2v) is 10.3. The normalized spacial score (nSPS) is 15.7. The highest BCUT2D eigenvalue weighted by Gasteiger charge is 2.33. The highest BCUT2D eigenvalue weighted by atomic mass is 32.2. The minimum absolute atomic E-state index is 0.0634. The third-order valence-electron chi connectivity index (χ3n) is 5.24. The van der Waals surface area contributed by atoms with Crippen LogP contribution in [0, 0.1) is 6.92 Å². The molecule has 0 unspecified atom stereocenters. The molecule has 3 aromatic rings. The van der Waals surface area contributed by atoms with Crippen molar-refractivity contribution in [2.45, 2.75) is 50.8 Å². The van der Waals surface area contributed by atoms with Crippen LogP contribution < -0.4 is 10.2 Å². The fraction of sp³-hybridized carbons (Fsp3) is 0.320. The van der Waals surface area contributed by atoms with Crippen molar-refractivity contribution in [2.24, 2.45) is 0 Å². The molecule has 11 heteroatoms. The summed E-state index contributed by atoms with van der Waals surface area (Å²) < 4.78 is 10.4. The number of hydrogen-bond acceptors (Lipinski definition) is 8. The van der Waals surface area contributed by atoms with Gasteiger partial charge in [-0.2, -0.15) is 4.98 Å². The first kappa shape index (κ1) is 25.2. The molecule has 0 saturated carbocycles. The predicted molar refractivity (Wildman–Crippen MR) is 133 cm³/mol. The summed E-state index contributed by atoms with van der Waals surface area (Å²) in [5, 5.41) is 16.1. The van der Waals surface area contributed by atoms with Gasteiger partial charge in [-0.25, -0.2) is 9.59 Å². The minimum atomic E-state index is -1.09. The number of carboxylic acid groups (broad SMARTS) is 1. The van der Waals surface area contributed by atoms with Crippen molar-refractivity contribution < 1.29 is 28.8 Å². The topological polar surface area (TPSA) is 135 Å². The Morgan fingerprint density at radius 2 is 1.94 bits per heavy atom. The summed E-state index contributed by atoms with van der Waals surface area (Å²) in [5.74, 6) is -0.282. The highest BCUT2D eigenvalue weighted by molar-refractivity contribution is 7.99. The van der Waals surface area contributed by atoms with Gasteiger partial charge < -0.3 is 24.6 Å². The van der Waals surface area contributed by atoms with Gasteiger partial charge in [-0.1, -0.05) is 29.4 Å². The lowest BCUT2D eigenvalue weighted by atomic mass is 10.1. The van der Waals surface area contributed by atoms with E-state index >= 15 is 0 Å². The molecule has 1 aliphatic rings. The number of alkyl carbamates (subject to hydrolysis) is 1. The zero-order valence-electron chi connectivity index (χ0n) is 20.3. The molecule has 0 radical (unpaired) electrons. The summed E-state index contributed by atoms with van der Waals surface area (Å²) in [6.07, 6.45) is -0.696. The van der Waals surface area contributed by atoms with Gasteiger partial charge in [0.05, 0.1) is 17.8 Å². The molecular weight excluding hydrogens is 484 g/mol. The van der Waals surface area contributed by atoms with Gasteiger partial charge in [0.25, 0.3) is 5.91 Å². The van der Waals surface area contributed by atoms with Crippen molar-refractivity contribution in [1.82, 2.24) is 15.5 Å². The number of rotatable bonds is 5. The summed E-state index contributed by atoms with van der Waals surface area (Å²) in [7, 11) is 0.